The molecule has 140 valence electrons. The highest BCUT2D eigenvalue weighted by molar-refractivity contribution is 5.19. The van der Waals surface area contributed by atoms with E-state index in [0.717, 1.165) is 12.1 Å². The Kier molecular flexibility index (Phi) is 5.52. The number of halogens is 5. The summed E-state index contributed by atoms with van der Waals surface area (Å²) in [6.07, 6.45) is -3.28. The van der Waals surface area contributed by atoms with Gasteiger partial charge in [-0.2, -0.15) is 13.2 Å². The minimum atomic E-state index is -4.45. The summed E-state index contributed by atoms with van der Waals surface area (Å²) in [5.74, 6) is -1.20. The summed E-state index contributed by atoms with van der Waals surface area (Å²) in [6, 6.07) is 6.11. The summed E-state index contributed by atoms with van der Waals surface area (Å²) in [7, 11) is 0. The average molecular weight is 371 g/mol. The lowest BCUT2D eigenvalue weighted by atomic mass is 10.1. The third-order valence-corrected chi connectivity index (χ3v) is 4.31. The van der Waals surface area contributed by atoms with Crippen LogP contribution in [0.1, 0.15) is 16.8 Å². The maximum atomic E-state index is 13.3. The maximum Gasteiger partial charge on any atom is 0.433 e. The molecule has 0 saturated carbocycles. The van der Waals surface area contributed by atoms with E-state index in [4.69, 9.17) is 0 Å². The number of alkyl halides is 3. The van der Waals surface area contributed by atoms with Crippen LogP contribution in [0.15, 0.2) is 36.5 Å². The number of piperazine rings is 1. The number of aromatic nitrogens is 1. The van der Waals surface area contributed by atoms with E-state index in [-0.39, 0.29) is 0 Å². The molecule has 0 aliphatic carbocycles. The van der Waals surface area contributed by atoms with Crippen LogP contribution in [0.3, 0.4) is 0 Å². The third-order valence-electron chi connectivity index (χ3n) is 4.31. The molecule has 1 aliphatic heterocycles. The smallest absolute Gasteiger partial charge is 0.297 e. The first kappa shape index (κ1) is 18.7. The molecule has 3 nitrogen and oxygen atoms in total. The SMILES string of the molecule is Fc1cc(F)cc(CN2CCN(Cc3ccnc(C(F)(F)F)c3)CC2)c1. The number of rotatable bonds is 4. The van der Waals surface area contributed by atoms with Gasteiger partial charge in [0.2, 0.25) is 0 Å². The van der Waals surface area contributed by atoms with Crippen LogP contribution in [0, 0.1) is 11.6 Å². The lowest BCUT2D eigenvalue weighted by Gasteiger charge is -2.34. The number of nitrogens with zero attached hydrogens (tertiary/aromatic N) is 3. The van der Waals surface area contributed by atoms with Crippen LogP contribution in [0.2, 0.25) is 0 Å². The van der Waals surface area contributed by atoms with E-state index in [1.807, 2.05) is 0 Å². The number of hydrogen-bond acceptors (Lipinski definition) is 3. The predicted molar refractivity (Wildman–Crippen MR) is 86.2 cm³/mol. The number of benzene rings is 1. The highest BCUT2D eigenvalue weighted by Crippen LogP contribution is 2.28. The second-order valence-corrected chi connectivity index (χ2v) is 6.38. The van der Waals surface area contributed by atoms with Crippen molar-refractivity contribution < 1.29 is 22.0 Å². The summed E-state index contributed by atoms with van der Waals surface area (Å²) in [6.45, 7) is 3.54. The van der Waals surface area contributed by atoms with Gasteiger partial charge in [-0.05, 0) is 35.4 Å². The quantitative estimate of drug-likeness (QED) is 0.764. The Bertz CT molecular complexity index is 734. The zero-order valence-electron chi connectivity index (χ0n) is 13.9. The van der Waals surface area contributed by atoms with Gasteiger partial charge >= 0.3 is 6.18 Å². The van der Waals surface area contributed by atoms with Crippen LogP contribution in [0.4, 0.5) is 22.0 Å². The number of hydrogen-bond donors (Lipinski definition) is 0. The predicted octanol–water partition coefficient (Wildman–Crippen LogP) is 3.70. The fourth-order valence-electron chi connectivity index (χ4n) is 3.05. The second kappa shape index (κ2) is 7.67. The van der Waals surface area contributed by atoms with Crippen molar-refractivity contribution in [3.63, 3.8) is 0 Å². The first-order valence-corrected chi connectivity index (χ1v) is 8.21. The lowest BCUT2D eigenvalue weighted by Crippen LogP contribution is -2.45. The number of pyridine rings is 1. The molecule has 1 aromatic carbocycles. The fraction of sp³-hybridized carbons (Fsp3) is 0.389. The molecule has 0 unspecified atom stereocenters. The minimum Gasteiger partial charge on any atom is -0.297 e. The summed E-state index contributed by atoms with van der Waals surface area (Å²) in [5.41, 5.74) is 0.245. The molecule has 0 amide bonds. The van der Waals surface area contributed by atoms with Crippen molar-refractivity contribution in [3.05, 3.63) is 65.0 Å². The summed E-state index contributed by atoms with van der Waals surface area (Å²) in [4.78, 5) is 7.49. The topological polar surface area (TPSA) is 19.4 Å². The highest BCUT2D eigenvalue weighted by Gasteiger charge is 2.32. The molecule has 0 spiro atoms. The Morgan fingerprint density at radius 1 is 0.808 bits per heavy atom. The zero-order chi connectivity index (χ0) is 18.7. The average Bonchev–Trinajstić information content (AvgIpc) is 2.55. The van der Waals surface area contributed by atoms with Gasteiger partial charge in [-0.3, -0.25) is 14.8 Å². The van der Waals surface area contributed by atoms with E-state index in [0.29, 0.717) is 50.4 Å². The molecule has 0 atom stereocenters. The molecular formula is C18H18F5N3. The van der Waals surface area contributed by atoms with Crippen LogP contribution in [-0.2, 0) is 19.3 Å². The van der Waals surface area contributed by atoms with Crippen LogP contribution in [0.25, 0.3) is 0 Å². The molecule has 2 heterocycles. The van der Waals surface area contributed by atoms with E-state index in [1.165, 1.54) is 18.3 Å². The largest absolute Gasteiger partial charge is 0.433 e. The molecule has 1 aliphatic rings. The van der Waals surface area contributed by atoms with E-state index in [9.17, 15) is 22.0 Å². The maximum absolute atomic E-state index is 13.3. The lowest BCUT2D eigenvalue weighted by molar-refractivity contribution is -0.141. The van der Waals surface area contributed by atoms with Crippen molar-refractivity contribution in [2.45, 2.75) is 19.3 Å². The standard InChI is InChI=1S/C18H18F5N3/c19-15-7-14(8-16(20)10-15)12-26-5-3-25(4-6-26)11-13-1-2-24-17(9-13)18(21,22)23/h1-2,7-10H,3-6,11-12H2. The Labute approximate surface area is 148 Å². The summed E-state index contributed by atoms with van der Waals surface area (Å²) < 4.78 is 64.7. The van der Waals surface area contributed by atoms with Gasteiger partial charge in [0, 0.05) is 51.5 Å². The molecule has 1 saturated heterocycles. The zero-order valence-corrected chi connectivity index (χ0v) is 13.9. The molecule has 1 fully saturated rings. The van der Waals surface area contributed by atoms with Crippen LogP contribution < -0.4 is 0 Å². The van der Waals surface area contributed by atoms with Crippen LogP contribution in [0.5, 0.6) is 0 Å². The van der Waals surface area contributed by atoms with Gasteiger partial charge in [-0.1, -0.05) is 0 Å². The Morgan fingerprint density at radius 3 is 1.88 bits per heavy atom. The Morgan fingerprint density at radius 2 is 1.35 bits per heavy atom. The van der Waals surface area contributed by atoms with Crippen molar-refractivity contribution in [3.8, 4) is 0 Å². The fourth-order valence-corrected chi connectivity index (χ4v) is 3.05. The van der Waals surface area contributed by atoms with E-state index < -0.39 is 23.5 Å². The third kappa shape index (κ3) is 4.98. The molecule has 0 radical (unpaired) electrons. The van der Waals surface area contributed by atoms with Gasteiger partial charge in [0.05, 0.1) is 0 Å². The van der Waals surface area contributed by atoms with Gasteiger partial charge in [0.15, 0.2) is 0 Å². The molecule has 1 aromatic heterocycles. The minimum absolute atomic E-state index is 0.411. The van der Waals surface area contributed by atoms with Gasteiger partial charge in [0.25, 0.3) is 0 Å². The van der Waals surface area contributed by atoms with Gasteiger partial charge in [-0.15, -0.1) is 0 Å². The van der Waals surface area contributed by atoms with Crippen molar-refractivity contribution in [1.29, 1.82) is 0 Å². The van der Waals surface area contributed by atoms with Crippen molar-refractivity contribution in [2.75, 3.05) is 26.2 Å². The highest BCUT2D eigenvalue weighted by atomic mass is 19.4. The van der Waals surface area contributed by atoms with E-state index >= 15 is 0 Å². The summed E-state index contributed by atoms with van der Waals surface area (Å²) in [5, 5.41) is 0. The molecule has 0 bridgehead atoms. The first-order valence-electron chi connectivity index (χ1n) is 8.21. The molecule has 8 heteroatoms. The molecule has 26 heavy (non-hydrogen) atoms. The van der Waals surface area contributed by atoms with Crippen molar-refractivity contribution in [2.24, 2.45) is 0 Å². The molecular weight excluding hydrogens is 353 g/mol. The van der Waals surface area contributed by atoms with E-state index in [1.54, 1.807) is 6.07 Å². The Hall–Kier alpha value is -2.06. The first-order chi connectivity index (χ1) is 12.3. The summed E-state index contributed by atoms with van der Waals surface area (Å²) >= 11 is 0. The molecule has 0 N–H and O–H groups in total. The van der Waals surface area contributed by atoms with Crippen LogP contribution >= 0.6 is 0 Å². The molecule has 3 rings (SSSR count). The van der Waals surface area contributed by atoms with Crippen molar-refractivity contribution >= 4 is 0 Å². The van der Waals surface area contributed by atoms with E-state index in [2.05, 4.69) is 14.8 Å². The normalized spacial score (nSPS) is 16.8. The molecule has 2 aromatic rings. The van der Waals surface area contributed by atoms with Gasteiger partial charge < -0.3 is 0 Å². The monoisotopic (exact) mass is 371 g/mol. The van der Waals surface area contributed by atoms with Gasteiger partial charge in [-0.25, -0.2) is 8.78 Å². The van der Waals surface area contributed by atoms with Crippen molar-refractivity contribution in [1.82, 2.24) is 14.8 Å². The Balaban J connectivity index is 1.54. The second-order valence-electron chi connectivity index (χ2n) is 6.38. The van der Waals surface area contributed by atoms with Crippen LogP contribution in [-0.4, -0.2) is 41.0 Å². The van der Waals surface area contributed by atoms with Gasteiger partial charge in [0.1, 0.15) is 17.3 Å².